The Morgan fingerprint density at radius 2 is 1.67 bits per heavy atom. The highest BCUT2D eigenvalue weighted by molar-refractivity contribution is 5.92. The van der Waals surface area contributed by atoms with Crippen molar-refractivity contribution in [2.45, 2.75) is 32.7 Å². The fourth-order valence-corrected chi connectivity index (χ4v) is 3.31. The zero-order valence-electron chi connectivity index (χ0n) is 17.1. The number of aryl methyl sites for hydroxylation is 1. The summed E-state index contributed by atoms with van der Waals surface area (Å²) in [7, 11) is 0. The van der Waals surface area contributed by atoms with Crippen LogP contribution < -0.4 is 5.32 Å². The fourth-order valence-electron chi connectivity index (χ4n) is 3.31. The summed E-state index contributed by atoms with van der Waals surface area (Å²) in [5.74, 6) is -1.28. The molecule has 3 rings (SSSR count). The summed E-state index contributed by atoms with van der Waals surface area (Å²) in [6.45, 7) is 3.36. The van der Waals surface area contributed by atoms with E-state index in [2.05, 4.69) is 27.4 Å². The second kappa shape index (κ2) is 9.78. The topological polar surface area (TPSA) is 92.2 Å². The molecule has 30 heavy (non-hydrogen) atoms. The van der Waals surface area contributed by atoms with Crippen molar-refractivity contribution in [1.29, 1.82) is 0 Å². The van der Waals surface area contributed by atoms with Crippen molar-refractivity contribution in [3.05, 3.63) is 83.9 Å². The molecule has 1 heterocycles. The van der Waals surface area contributed by atoms with E-state index in [1.54, 1.807) is 19.9 Å². The summed E-state index contributed by atoms with van der Waals surface area (Å²) in [6, 6.07) is 19.4. The number of carboxylic acid groups (broad SMARTS) is 1. The van der Waals surface area contributed by atoms with Crippen molar-refractivity contribution in [3.63, 3.8) is 0 Å². The maximum absolute atomic E-state index is 12.6. The van der Waals surface area contributed by atoms with Gasteiger partial charge >= 0.3 is 5.97 Å². The first kappa shape index (κ1) is 21.2. The molecule has 3 aromatic rings. The lowest BCUT2D eigenvalue weighted by molar-refractivity contribution is -0.141. The Morgan fingerprint density at radius 3 is 2.30 bits per heavy atom. The molecule has 0 aliphatic rings. The van der Waals surface area contributed by atoms with E-state index in [9.17, 15) is 14.7 Å². The third kappa shape index (κ3) is 5.73. The number of aliphatic carboxylic acids is 1. The molecule has 0 fully saturated rings. The van der Waals surface area contributed by atoms with Gasteiger partial charge in [-0.05, 0) is 42.5 Å². The van der Waals surface area contributed by atoms with Crippen LogP contribution in [0.4, 0.5) is 0 Å². The van der Waals surface area contributed by atoms with Crippen molar-refractivity contribution in [3.8, 4) is 11.1 Å². The monoisotopic (exact) mass is 403 g/mol. The van der Waals surface area contributed by atoms with Gasteiger partial charge < -0.3 is 10.4 Å². The summed E-state index contributed by atoms with van der Waals surface area (Å²) in [5.41, 5.74) is 3.54. The molecule has 2 N–H and O–H groups in total. The van der Waals surface area contributed by atoms with Crippen LogP contribution in [-0.2, 0) is 11.2 Å². The first-order valence-electron chi connectivity index (χ1n) is 9.90. The Labute approximate surface area is 176 Å². The van der Waals surface area contributed by atoms with Gasteiger partial charge in [-0.25, -0.2) is 9.97 Å². The molecule has 2 atom stereocenters. The Kier molecular flexibility index (Phi) is 6.91. The van der Waals surface area contributed by atoms with Crippen LogP contribution in [-0.4, -0.2) is 33.0 Å². The van der Waals surface area contributed by atoms with Gasteiger partial charge in [0.2, 0.25) is 0 Å². The Bertz CT molecular complexity index is 1000. The number of carbonyl (C=O) groups is 2. The van der Waals surface area contributed by atoms with E-state index >= 15 is 0 Å². The number of carbonyl (C=O) groups excluding carboxylic acids is 1. The highest BCUT2D eigenvalue weighted by Gasteiger charge is 2.21. The Balaban J connectivity index is 1.75. The molecular formula is C24H25N3O3. The van der Waals surface area contributed by atoms with E-state index < -0.39 is 11.9 Å². The molecule has 0 unspecified atom stereocenters. The Morgan fingerprint density at radius 1 is 1.00 bits per heavy atom. The van der Waals surface area contributed by atoms with Crippen LogP contribution in [0.2, 0.25) is 0 Å². The lowest BCUT2D eigenvalue weighted by Crippen LogP contribution is -2.39. The van der Waals surface area contributed by atoms with E-state index in [0.717, 1.165) is 16.7 Å². The number of hydrogen-bond donors (Lipinski definition) is 2. The van der Waals surface area contributed by atoms with Crippen LogP contribution in [0, 0.1) is 12.8 Å². The second-order valence-corrected chi connectivity index (χ2v) is 7.40. The SMILES string of the molecule is Cc1nccc(C(=O)N[C@H](Cc2ccc(-c3ccccc3)cc2)C[C@@H](C)C(=O)O)n1. The highest BCUT2D eigenvalue weighted by atomic mass is 16.4. The number of carboxylic acids is 1. The summed E-state index contributed by atoms with van der Waals surface area (Å²) in [6.07, 6.45) is 2.39. The first-order valence-corrected chi connectivity index (χ1v) is 9.90. The van der Waals surface area contributed by atoms with Gasteiger partial charge in [-0.15, -0.1) is 0 Å². The molecule has 1 aromatic heterocycles. The van der Waals surface area contributed by atoms with Crippen LogP contribution in [0.25, 0.3) is 11.1 Å². The van der Waals surface area contributed by atoms with Crippen LogP contribution in [0.15, 0.2) is 66.9 Å². The normalized spacial score (nSPS) is 12.7. The zero-order chi connectivity index (χ0) is 21.5. The minimum absolute atomic E-state index is 0.273. The van der Waals surface area contributed by atoms with E-state index in [4.69, 9.17) is 0 Å². The zero-order valence-corrected chi connectivity index (χ0v) is 17.1. The number of aromatic nitrogens is 2. The van der Waals surface area contributed by atoms with E-state index in [-0.39, 0.29) is 17.6 Å². The molecule has 2 aromatic carbocycles. The van der Waals surface area contributed by atoms with E-state index in [0.29, 0.717) is 18.7 Å². The number of nitrogens with zero attached hydrogens (tertiary/aromatic N) is 2. The predicted molar refractivity (Wildman–Crippen MR) is 115 cm³/mol. The lowest BCUT2D eigenvalue weighted by atomic mass is 9.95. The number of rotatable bonds is 8. The van der Waals surface area contributed by atoms with Crippen LogP contribution >= 0.6 is 0 Å². The molecule has 6 heteroatoms. The lowest BCUT2D eigenvalue weighted by Gasteiger charge is -2.21. The number of benzene rings is 2. The molecule has 0 aliphatic carbocycles. The summed E-state index contributed by atoms with van der Waals surface area (Å²) in [4.78, 5) is 32.2. The molecule has 0 aliphatic heterocycles. The molecule has 0 bridgehead atoms. The first-order chi connectivity index (χ1) is 14.4. The molecule has 0 radical (unpaired) electrons. The largest absolute Gasteiger partial charge is 0.481 e. The van der Waals surface area contributed by atoms with Crippen molar-refractivity contribution in [2.75, 3.05) is 0 Å². The summed E-state index contributed by atoms with van der Waals surface area (Å²) >= 11 is 0. The molecule has 1 amide bonds. The van der Waals surface area contributed by atoms with Gasteiger partial charge in [-0.1, -0.05) is 61.5 Å². The minimum atomic E-state index is -0.883. The quantitative estimate of drug-likeness (QED) is 0.595. The van der Waals surface area contributed by atoms with E-state index in [1.165, 1.54) is 6.20 Å². The summed E-state index contributed by atoms with van der Waals surface area (Å²) in [5, 5.41) is 12.3. The maximum atomic E-state index is 12.6. The van der Waals surface area contributed by atoms with Crippen LogP contribution in [0.3, 0.4) is 0 Å². The van der Waals surface area contributed by atoms with Gasteiger partial charge in [0.1, 0.15) is 11.5 Å². The smallest absolute Gasteiger partial charge is 0.306 e. The Hall–Kier alpha value is -3.54. The summed E-state index contributed by atoms with van der Waals surface area (Å²) < 4.78 is 0. The van der Waals surface area contributed by atoms with Gasteiger partial charge in [-0.3, -0.25) is 9.59 Å². The van der Waals surface area contributed by atoms with Gasteiger partial charge in [-0.2, -0.15) is 0 Å². The van der Waals surface area contributed by atoms with Crippen LogP contribution in [0.5, 0.6) is 0 Å². The van der Waals surface area contributed by atoms with Crippen molar-refractivity contribution in [2.24, 2.45) is 5.92 Å². The number of hydrogen-bond acceptors (Lipinski definition) is 4. The fraction of sp³-hybridized carbons (Fsp3) is 0.250. The number of nitrogens with one attached hydrogen (secondary N) is 1. The molecule has 0 spiro atoms. The maximum Gasteiger partial charge on any atom is 0.306 e. The van der Waals surface area contributed by atoms with Crippen molar-refractivity contribution < 1.29 is 14.7 Å². The van der Waals surface area contributed by atoms with Crippen LogP contribution in [0.1, 0.15) is 35.2 Å². The van der Waals surface area contributed by atoms with Gasteiger partial charge in [0.15, 0.2) is 0 Å². The number of amides is 1. The predicted octanol–water partition coefficient (Wildman–Crippen LogP) is 3.90. The molecule has 0 saturated carbocycles. The third-order valence-electron chi connectivity index (χ3n) is 4.95. The van der Waals surface area contributed by atoms with E-state index in [1.807, 2.05) is 42.5 Å². The standard InChI is InChI=1S/C24H25N3O3/c1-16(24(29)30)14-21(27-23(28)22-12-13-25-17(2)26-22)15-18-8-10-20(11-9-18)19-6-4-3-5-7-19/h3-13,16,21H,14-15H2,1-2H3,(H,27,28)(H,29,30)/t16-,21+/m1/s1. The molecule has 154 valence electrons. The van der Waals surface area contributed by atoms with Crippen molar-refractivity contribution >= 4 is 11.9 Å². The van der Waals surface area contributed by atoms with Gasteiger partial charge in [0.05, 0.1) is 5.92 Å². The second-order valence-electron chi connectivity index (χ2n) is 7.40. The van der Waals surface area contributed by atoms with Crippen molar-refractivity contribution in [1.82, 2.24) is 15.3 Å². The highest BCUT2D eigenvalue weighted by Crippen LogP contribution is 2.20. The average Bonchev–Trinajstić information content (AvgIpc) is 2.74. The molecule has 6 nitrogen and oxygen atoms in total. The average molecular weight is 403 g/mol. The van der Waals surface area contributed by atoms with Gasteiger partial charge in [0, 0.05) is 12.2 Å². The molecule has 0 saturated heterocycles. The molecular weight excluding hydrogens is 378 g/mol. The third-order valence-corrected chi connectivity index (χ3v) is 4.95. The van der Waals surface area contributed by atoms with Gasteiger partial charge in [0.25, 0.3) is 5.91 Å². The minimum Gasteiger partial charge on any atom is -0.481 e.